The minimum absolute atomic E-state index is 0.0958. The number of rotatable bonds is 8. The van der Waals surface area contributed by atoms with E-state index in [1.54, 1.807) is 0 Å². The van der Waals surface area contributed by atoms with Gasteiger partial charge in [-0.15, -0.1) is 0 Å². The lowest BCUT2D eigenvalue weighted by Gasteiger charge is -2.21. The zero-order valence-corrected chi connectivity index (χ0v) is 16.5. The van der Waals surface area contributed by atoms with E-state index >= 15 is 0 Å². The van der Waals surface area contributed by atoms with E-state index in [1.807, 2.05) is 34.6 Å². The van der Waals surface area contributed by atoms with Crippen molar-refractivity contribution in [1.29, 1.82) is 0 Å². The number of imidazole rings is 1. The Kier molecular flexibility index (Phi) is 5.98. The van der Waals surface area contributed by atoms with Gasteiger partial charge in [-0.1, -0.05) is 0 Å². The lowest BCUT2D eigenvalue weighted by molar-refractivity contribution is -0.127. The van der Waals surface area contributed by atoms with Crippen molar-refractivity contribution in [2.45, 2.75) is 40.0 Å². The van der Waals surface area contributed by atoms with Crippen LogP contribution in [0.4, 0.5) is 5.82 Å². The number of fused-ring (bicyclic) bond motifs is 1. The van der Waals surface area contributed by atoms with E-state index < -0.39 is 0 Å². The smallest absolute Gasteiger partial charge is 0.252 e. The molecule has 0 bridgehead atoms. The van der Waals surface area contributed by atoms with Crippen molar-refractivity contribution in [3.8, 4) is 0 Å². The lowest BCUT2D eigenvalue weighted by atomic mass is 10.2. The Morgan fingerprint density at radius 1 is 1.30 bits per heavy atom. The normalized spacial score (nSPS) is 14.2. The van der Waals surface area contributed by atoms with Crippen molar-refractivity contribution in [1.82, 2.24) is 19.6 Å². The van der Waals surface area contributed by atoms with Crippen LogP contribution in [0.2, 0.25) is 0 Å². The highest BCUT2D eigenvalue weighted by molar-refractivity contribution is 5.94. The maximum atomic E-state index is 12.5. The molecule has 1 fully saturated rings. The van der Waals surface area contributed by atoms with Crippen molar-refractivity contribution < 1.29 is 9.59 Å². The fourth-order valence-electron chi connectivity index (χ4n) is 3.70. The van der Waals surface area contributed by atoms with Crippen LogP contribution in [0.3, 0.4) is 0 Å². The van der Waals surface area contributed by atoms with E-state index in [9.17, 15) is 9.59 Å². The van der Waals surface area contributed by atoms with Gasteiger partial charge in [-0.25, -0.2) is 4.98 Å². The molecule has 1 N–H and O–H groups in total. The number of carbonyl (C=O) groups excluding carboxylic acids is 2. The van der Waals surface area contributed by atoms with Gasteiger partial charge in [0.2, 0.25) is 5.91 Å². The lowest BCUT2D eigenvalue weighted by Crippen LogP contribution is -2.30. The summed E-state index contributed by atoms with van der Waals surface area (Å²) < 4.78 is 2.00. The molecule has 2 aromatic heterocycles. The van der Waals surface area contributed by atoms with E-state index in [2.05, 4.69) is 29.0 Å². The van der Waals surface area contributed by atoms with Gasteiger partial charge in [0.1, 0.15) is 11.5 Å². The van der Waals surface area contributed by atoms with Crippen LogP contribution >= 0.6 is 0 Å². The average Bonchev–Trinajstić information content (AvgIpc) is 3.22. The van der Waals surface area contributed by atoms with E-state index in [0.29, 0.717) is 25.1 Å². The van der Waals surface area contributed by atoms with Crippen LogP contribution in [0.25, 0.3) is 5.65 Å². The number of aryl methyl sites for hydroxylation is 1. The van der Waals surface area contributed by atoms with Crippen LogP contribution in [-0.2, 0) is 4.79 Å². The summed E-state index contributed by atoms with van der Waals surface area (Å²) >= 11 is 0. The number of hydrogen-bond donors (Lipinski definition) is 1. The van der Waals surface area contributed by atoms with Crippen LogP contribution in [-0.4, -0.2) is 58.8 Å². The zero-order valence-electron chi connectivity index (χ0n) is 16.5. The minimum Gasteiger partial charge on any atom is -0.357 e. The van der Waals surface area contributed by atoms with E-state index in [-0.39, 0.29) is 11.8 Å². The molecule has 0 unspecified atom stereocenters. The quantitative estimate of drug-likeness (QED) is 0.723. The first-order valence-electron chi connectivity index (χ1n) is 9.84. The van der Waals surface area contributed by atoms with Gasteiger partial charge in [-0.3, -0.25) is 14.0 Å². The summed E-state index contributed by atoms with van der Waals surface area (Å²) in [4.78, 5) is 32.9. The van der Waals surface area contributed by atoms with Crippen LogP contribution in [0.15, 0.2) is 18.3 Å². The molecule has 0 saturated carbocycles. The molecule has 3 rings (SSSR count). The summed E-state index contributed by atoms with van der Waals surface area (Å²) in [7, 11) is 0. The molecule has 2 aromatic rings. The van der Waals surface area contributed by atoms with Crippen LogP contribution in [0.1, 0.15) is 49.2 Å². The van der Waals surface area contributed by atoms with Gasteiger partial charge in [0.15, 0.2) is 0 Å². The van der Waals surface area contributed by atoms with Gasteiger partial charge < -0.3 is 15.1 Å². The highest BCUT2D eigenvalue weighted by Crippen LogP contribution is 2.22. The number of aromatic nitrogens is 2. The van der Waals surface area contributed by atoms with Gasteiger partial charge in [0.05, 0.1) is 11.3 Å². The second-order valence-corrected chi connectivity index (χ2v) is 6.93. The molecule has 7 heteroatoms. The van der Waals surface area contributed by atoms with Crippen LogP contribution < -0.4 is 10.2 Å². The Morgan fingerprint density at radius 3 is 2.74 bits per heavy atom. The molecule has 1 aliphatic rings. The topological polar surface area (TPSA) is 70.0 Å². The first-order chi connectivity index (χ1) is 13.0. The molecule has 0 radical (unpaired) electrons. The maximum Gasteiger partial charge on any atom is 0.252 e. The van der Waals surface area contributed by atoms with E-state index in [4.69, 9.17) is 0 Å². The van der Waals surface area contributed by atoms with Gasteiger partial charge in [0.25, 0.3) is 5.91 Å². The second-order valence-electron chi connectivity index (χ2n) is 6.93. The van der Waals surface area contributed by atoms with Gasteiger partial charge in [-0.2, -0.15) is 0 Å². The average molecular weight is 371 g/mol. The molecule has 0 spiro atoms. The van der Waals surface area contributed by atoms with Crippen molar-refractivity contribution >= 4 is 23.3 Å². The number of amides is 2. The number of nitrogens with one attached hydrogen (secondary N) is 1. The Bertz CT molecular complexity index is 825. The van der Waals surface area contributed by atoms with Gasteiger partial charge in [-0.05, 0) is 45.7 Å². The first-order valence-corrected chi connectivity index (χ1v) is 9.84. The molecule has 1 saturated heterocycles. The van der Waals surface area contributed by atoms with Crippen molar-refractivity contribution in [2.24, 2.45) is 0 Å². The van der Waals surface area contributed by atoms with Crippen molar-refractivity contribution in [3.05, 3.63) is 29.6 Å². The molecule has 146 valence electrons. The standard InChI is InChI=1S/C20H29N5O2/c1-4-23(5-2)20-15(3)22-17-10-9-16(14-25(17)20)19(27)21-11-7-13-24-12-6-8-18(24)26/h9-10,14H,4-8,11-13H2,1-3H3,(H,21,27). The molecular weight excluding hydrogens is 342 g/mol. The third-order valence-corrected chi connectivity index (χ3v) is 5.15. The molecule has 2 amide bonds. The number of carbonyl (C=O) groups is 2. The Balaban J connectivity index is 1.66. The highest BCUT2D eigenvalue weighted by atomic mass is 16.2. The first kappa shape index (κ1) is 19.2. The number of hydrogen-bond acceptors (Lipinski definition) is 4. The van der Waals surface area contributed by atoms with Gasteiger partial charge in [0, 0.05) is 45.3 Å². The molecule has 3 heterocycles. The Hall–Kier alpha value is -2.57. The number of pyridine rings is 1. The fourth-order valence-corrected chi connectivity index (χ4v) is 3.70. The third-order valence-electron chi connectivity index (χ3n) is 5.15. The maximum absolute atomic E-state index is 12.5. The zero-order chi connectivity index (χ0) is 19.4. The molecule has 1 aliphatic heterocycles. The SMILES string of the molecule is CCN(CC)c1c(C)nc2ccc(C(=O)NCCCN3CCCC3=O)cn12. The van der Waals surface area contributed by atoms with E-state index in [0.717, 1.165) is 49.6 Å². The molecule has 0 atom stereocenters. The van der Waals surface area contributed by atoms with E-state index in [1.165, 1.54) is 0 Å². The van der Waals surface area contributed by atoms with Crippen molar-refractivity contribution in [3.63, 3.8) is 0 Å². The number of nitrogens with zero attached hydrogens (tertiary/aromatic N) is 4. The summed E-state index contributed by atoms with van der Waals surface area (Å²) in [6.07, 6.45) is 4.24. The minimum atomic E-state index is -0.0958. The molecule has 0 aliphatic carbocycles. The highest BCUT2D eigenvalue weighted by Gasteiger charge is 2.19. The number of likely N-dealkylation sites (tertiary alicyclic amines) is 1. The number of anilines is 1. The fraction of sp³-hybridized carbons (Fsp3) is 0.550. The molecule has 0 aromatic carbocycles. The summed E-state index contributed by atoms with van der Waals surface area (Å²) in [6, 6.07) is 3.70. The summed E-state index contributed by atoms with van der Waals surface area (Å²) in [5, 5.41) is 2.96. The Morgan fingerprint density at radius 2 is 2.07 bits per heavy atom. The Labute approximate surface area is 160 Å². The predicted octanol–water partition coefficient (Wildman–Crippen LogP) is 2.23. The largest absolute Gasteiger partial charge is 0.357 e. The van der Waals surface area contributed by atoms with Crippen LogP contribution in [0.5, 0.6) is 0 Å². The third kappa shape index (κ3) is 4.07. The summed E-state index contributed by atoms with van der Waals surface area (Å²) in [5.74, 6) is 1.17. The second kappa shape index (κ2) is 8.41. The molecular formula is C20H29N5O2. The monoisotopic (exact) mass is 371 g/mol. The van der Waals surface area contributed by atoms with Crippen molar-refractivity contribution in [2.75, 3.05) is 37.6 Å². The van der Waals surface area contributed by atoms with Crippen LogP contribution in [0, 0.1) is 6.92 Å². The molecule has 27 heavy (non-hydrogen) atoms. The predicted molar refractivity (Wildman–Crippen MR) is 106 cm³/mol. The van der Waals surface area contributed by atoms with Gasteiger partial charge >= 0.3 is 0 Å². The summed E-state index contributed by atoms with van der Waals surface area (Å²) in [6.45, 7) is 10.1. The molecule has 7 nitrogen and oxygen atoms in total. The summed E-state index contributed by atoms with van der Waals surface area (Å²) in [5.41, 5.74) is 2.43.